The zero-order valence-corrected chi connectivity index (χ0v) is 22.5. The second-order valence-electron chi connectivity index (χ2n) is 9.29. The number of aromatic nitrogens is 5. The van der Waals surface area contributed by atoms with E-state index in [1.165, 1.54) is 25.9 Å². The molecule has 4 heterocycles. The van der Waals surface area contributed by atoms with Crippen LogP contribution in [0.2, 0.25) is 5.02 Å². The van der Waals surface area contributed by atoms with E-state index in [-0.39, 0.29) is 0 Å². The van der Waals surface area contributed by atoms with Crippen molar-refractivity contribution in [3.8, 4) is 28.4 Å². The van der Waals surface area contributed by atoms with Crippen LogP contribution < -0.4 is 19.5 Å². The van der Waals surface area contributed by atoms with Crippen molar-refractivity contribution in [2.45, 2.75) is 12.8 Å². The molecule has 1 aliphatic heterocycles. The summed E-state index contributed by atoms with van der Waals surface area (Å²) < 4.78 is 18.6. The predicted molar refractivity (Wildman–Crippen MR) is 151 cm³/mol. The number of hydrogen-bond donors (Lipinski definition) is 1. The maximum absolute atomic E-state index is 6.68. The van der Waals surface area contributed by atoms with Crippen LogP contribution in [0, 0.1) is 0 Å². The number of nitrogens with one attached hydrogen (secondary N) is 1. The van der Waals surface area contributed by atoms with E-state index < -0.39 is 0 Å². The number of pyridine rings is 1. The maximum atomic E-state index is 6.68. The normalized spacial score (nSPS) is 13.7. The van der Waals surface area contributed by atoms with E-state index in [1.54, 1.807) is 32.8 Å². The molecule has 0 aliphatic carbocycles. The number of halogens is 1. The van der Waals surface area contributed by atoms with Gasteiger partial charge in [0.05, 0.1) is 19.2 Å². The Morgan fingerprint density at radius 1 is 0.949 bits per heavy atom. The van der Waals surface area contributed by atoms with Crippen LogP contribution in [-0.2, 0) is 0 Å². The number of hydrogen-bond acceptors (Lipinski definition) is 9. The Morgan fingerprint density at radius 3 is 2.54 bits per heavy atom. The van der Waals surface area contributed by atoms with Crippen LogP contribution in [0.15, 0.2) is 55.0 Å². The molecule has 0 radical (unpaired) electrons. The van der Waals surface area contributed by atoms with Gasteiger partial charge >= 0.3 is 0 Å². The number of rotatable bonds is 9. The summed E-state index contributed by atoms with van der Waals surface area (Å²) in [5, 5.41) is 13.0. The van der Waals surface area contributed by atoms with E-state index in [9.17, 15) is 0 Å². The van der Waals surface area contributed by atoms with Crippen molar-refractivity contribution in [3.05, 3.63) is 60.0 Å². The van der Waals surface area contributed by atoms with Crippen molar-refractivity contribution in [3.63, 3.8) is 0 Å². The standard InChI is InChI=1S/C28H28ClN7O3/c1-37-21-14-22(25(29)24(15-21)38-2)23-13-18-16-30-28(33-26(18)36-17-31-34-27(23)36)32-19-5-7-20(8-6-19)39-12-11-35-9-3-4-10-35/h5-8,13-17H,3-4,9-12H2,1-2H3,(H,30,32,33). The number of likely N-dealkylation sites (tertiary alicyclic amines) is 1. The second-order valence-corrected chi connectivity index (χ2v) is 9.67. The highest BCUT2D eigenvalue weighted by molar-refractivity contribution is 6.35. The Hall–Kier alpha value is -4.15. The van der Waals surface area contributed by atoms with Crippen LogP contribution in [0.25, 0.3) is 27.8 Å². The van der Waals surface area contributed by atoms with E-state index in [1.807, 2.05) is 40.8 Å². The first-order valence-corrected chi connectivity index (χ1v) is 13.1. The van der Waals surface area contributed by atoms with E-state index >= 15 is 0 Å². The molecule has 1 N–H and O–H groups in total. The molecule has 0 unspecified atom stereocenters. The Balaban J connectivity index is 1.26. The summed E-state index contributed by atoms with van der Waals surface area (Å²) in [6.45, 7) is 3.99. The molecule has 0 spiro atoms. The highest BCUT2D eigenvalue weighted by Crippen LogP contribution is 2.41. The first kappa shape index (κ1) is 25.1. The zero-order valence-electron chi connectivity index (χ0n) is 21.7. The molecular formula is C28H28ClN7O3. The molecule has 10 nitrogen and oxygen atoms in total. The number of anilines is 2. The van der Waals surface area contributed by atoms with Crippen LogP contribution in [0.3, 0.4) is 0 Å². The third-order valence-corrected chi connectivity index (χ3v) is 7.25. The third kappa shape index (κ3) is 5.13. The third-order valence-electron chi connectivity index (χ3n) is 6.86. The van der Waals surface area contributed by atoms with E-state index in [4.69, 9.17) is 30.8 Å². The maximum Gasteiger partial charge on any atom is 0.229 e. The minimum Gasteiger partial charge on any atom is -0.497 e. The van der Waals surface area contributed by atoms with Gasteiger partial charge in [0.25, 0.3) is 0 Å². The fraction of sp³-hybridized carbons (Fsp3) is 0.286. The molecule has 1 fully saturated rings. The summed E-state index contributed by atoms with van der Waals surface area (Å²) in [6.07, 6.45) is 5.95. The van der Waals surface area contributed by atoms with Crippen LogP contribution in [0.4, 0.5) is 11.6 Å². The molecule has 39 heavy (non-hydrogen) atoms. The lowest BCUT2D eigenvalue weighted by molar-refractivity contribution is 0.238. The van der Waals surface area contributed by atoms with E-state index in [2.05, 4.69) is 25.4 Å². The van der Waals surface area contributed by atoms with Gasteiger partial charge in [-0.1, -0.05) is 11.6 Å². The van der Waals surface area contributed by atoms with Crippen LogP contribution in [0.1, 0.15) is 12.8 Å². The van der Waals surface area contributed by atoms with Gasteiger partial charge in [-0.05, 0) is 62.3 Å². The molecular weight excluding hydrogens is 518 g/mol. The Bertz CT molecular complexity index is 1620. The summed E-state index contributed by atoms with van der Waals surface area (Å²) in [6, 6.07) is 13.3. The minimum atomic E-state index is 0.449. The number of benzene rings is 2. The molecule has 0 amide bonds. The van der Waals surface area contributed by atoms with Gasteiger partial charge in [0.15, 0.2) is 11.3 Å². The lowest BCUT2D eigenvalue weighted by Crippen LogP contribution is -2.25. The molecule has 6 rings (SSSR count). The van der Waals surface area contributed by atoms with Gasteiger partial charge in [-0.2, -0.15) is 4.98 Å². The van der Waals surface area contributed by atoms with E-state index in [0.717, 1.165) is 28.9 Å². The van der Waals surface area contributed by atoms with E-state index in [0.29, 0.717) is 45.9 Å². The van der Waals surface area contributed by atoms with Crippen molar-refractivity contribution in [1.29, 1.82) is 0 Å². The second kappa shape index (κ2) is 10.9. The Labute approximate surface area is 230 Å². The van der Waals surface area contributed by atoms with Gasteiger partial charge in [0.1, 0.15) is 30.2 Å². The lowest BCUT2D eigenvalue weighted by atomic mass is 10.0. The summed E-state index contributed by atoms with van der Waals surface area (Å²) in [5.41, 5.74) is 3.57. The monoisotopic (exact) mass is 545 g/mol. The molecule has 1 aliphatic rings. The number of methoxy groups -OCH3 is 2. The van der Waals surface area contributed by atoms with Crippen LogP contribution in [-0.4, -0.2) is 69.9 Å². The first-order chi connectivity index (χ1) is 19.1. The average Bonchev–Trinajstić information content (AvgIpc) is 3.67. The summed E-state index contributed by atoms with van der Waals surface area (Å²) >= 11 is 6.68. The molecule has 3 aromatic heterocycles. The van der Waals surface area contributed by atoms with Crippen LogP contribution in [0.5, 0.6) is 17.2 Å². The predicted octanol–water partition coefficient (Wildman–Crippen LogP) is 5.23. The van der Waals surface area contributed by atoms with Gasteiger partial charge in [-0.15, -0.1) is 10.2 Å². The van der Waals surface area contributed by atoms with Crippen molar-refractivity contribution in [2.75, 3.05) is 45.8 Å². The Morgan fingerprint density at radius 2 is 1.77 bits per heavy atom. The van der Waals surface area contributed by atoms with Gasteiger partial charge in [-0.25, -0.2) is 4.98 Å². The SMILES string of the molecule is COc1cc(OC)c(Cl)c(-c2cc3cnc(Nc4ccc(OCCN5CCCC5)cc4)nc3n3cnnc23)c1. The average molecular weight is 546 g/mol. The van der Waals surface area contributed by atoms with Crippen molar-refractivity contribution in [1.82, 2.24) is 29.5 Å². The fourth-order valence-corrected chi connectivity index (χ4v) is 5.11. The number of ether oxygens (including phenoxy) is 3. The number of fused-ring (bicyclic) bond motifs is 3. The van der Waals surface area contributed by atoms with Gasteiger partial charge in [0, 0.05) is 41.0 Å². The van der Waals surface area contributed by atoms with Gasteiger partial charge in [-0.3, -0.25) is 9.30 Å². The molecule has 2 aromatic carbocycles. The quantitative estimate of drug-likeness (QED) is 0.267. The molecule has 0 atom stereocenters. The summed E-state index contributed by atoms with van der Waals surface area (Å²) in [7, 11) is 3.16. The fourth-order valence-electron chi connectivity index (χ4n) is 4.83. The Kier molecular flexibility index (Phi) is 7.04. The molecule has 5 aromatic rings. The molecule has 0 saturated carbocycles. The van der Waals surface area contributed by atoms with Crippen molar-refractivity contribution < 1.29 is 14.2 Å². The van der Waals surface area contributed by atoms with Gasteiger partial charge in [0.2, 0.25) is 5.95 Å². The minimum absolute atomic E-state index is 0.449. The largest absolute Gasteiger partial charge is 0.497 e. The van der Waals surface area contributed by atoms with Crippen molar-refractivity contribution >= 4 is 39.9 Å². The highest BCUT2D eigenvalue weighted by atomic mass is 35.5. The molecule has 11 heteroatoms. The zero-order chi connectivity index (χ0) is 26.8. The smallest absolute Gasteiger partial charge is 0.229 e. The van der Waals surface area contributed by atoms with Crippen LogP contribution >= 0.6 is 11.6 Å². The summed E-state index contributed by atoms with van der Waals surface area (Å²) in [5.74, 6) is 2.41. The molecule has 200 valence electrons. The van der Waals surface area contributed by atoms with Crippen molar-refractivity contribution in [2.24, 2.45) is 0 Å². The molecule has 1 saturated heterocycles. The topological polar surface area (TPSA) is 98.9 Å². The van der Waals surface area contributed by atoms with Gasteiger partial charge < -0.3 is 19.5 Å². The highest BCUT2D eigenvalue weighted by Gasteiger charge is 2.18. The number of nitrogens with zero attached hydrogens (tertiary/aromatic N) is 6. The lowest BCUT2D eigenvalue weighted by Gasteiger charge is -2.15. The molecule has 0 bridgehead atoms. The summed E-state index contributed by atoms with van der Waals surface area (Å²) in [4.78, 5) is 11.7. The first-order valence-electron chi connectivity index (χ1n) is 12.8.